The monoisotopic (exact) mass is 324 g/mol. The van der Waals surface area contributed by atoms with Gasteiger partial charge in [-0.05, 0) is 44.7 Å². The van der Waals surface area contributed by atoms with Crippen LogP contribution in [0.3, 0.4) is 0 Å². The topological polar surface area (TPSA) is 48.7 Å². The van der Waals surface area contributed by atoms with E-state index in [0.717, 1.165) is 35.0 Å². The largest absolute Gasteiger partial charge is 0.485 e. The molecule has 24 heavy (non-hydrogen) atoms. The summed E-state index contributed by atoms with van der Waals surface area (Å²) in [5.74, 6) is 2.29. The van der Waals surface area contributed by atoms with E-state index in [1.165, 1.54) is 0 Å². The summed E-state index contributed by atoms with van der Waals surface area (Å²) in [7, 11) is 0. The number of esters is 1. The number of ether oxygens (including phenoxy) is 2. The van der Waals surface area contributed by atoms with E-state index < -0.39 is 0 Å². The van der Waals surface area contributed by atoms with Crippen LogP contribution in [-0.2, 0) is 14.3 Å². The van der Waals surface area contributed by atoms with Crippen molar-refractivity contribution in [3.05, 3.63) is 53.0 Å². The molecule has 0 saturated heterocycles. The first-order chi connectivity index (χ1) is 11.6. The van der Waals surface area contributed by atoms with E-state index in [1.54, 1.807) is 0 Å². The summed E-state index contributed by atoms with van der Waals surface area (Å²) in [5, 5.41) is 1.02. The molecule has 2 aliphatic rings. The van der Waals surface area contributed by atoms with Crippen LogP contribution in [0.15, 0.2) is 51.7 Å². The molecule has 1 aromatic heterocycles. The molecule has 0 bridgehead atoms. The molecule has 2 aromatic rings. The van der Waals surface area contributed by atoms with Gasteiger partial charge in [0.05, 0.1) is 0 Å². The Morgan fingerprint density at radius 3 is 2.79 bits per heavy atom. The molecule has 4 nitrogen and oxygen atoms in total. The van der Waals surface area contributed by atoms with Crippen molar-refractivity contribution in [2.75, 3.05) is 6.61 Å². The molecule has 1 fully saturated rings. The summed E-state index contributed by atoms with van der Waals surface area (Å²) in [6.45, 7) is 4.24. The number of para-hydroxylation sites is 1. The predicted octanol–water partition coefficient (Wildman–Crippen LogP) is 4.81. The SMILES string of the molecule is CC1=C(OC(=O)CC2CC2)C(C)=C(c2cc3ccccc3o2)OC1. The number of rotatable bonds is 4. The van der Waals surface area contributed by atoms with E-state index in [9.17, 15) is 4.79 Å². The van der Waals surface area contributed by atoms with Crippen LogP contribution < -0.4 is 0 Å². The molecule has 4 rings (SSSR count). The predicted molar refractivity (Wildman–Crippen MR) is 90.9 cm³/mol. The Morgan fingerprint density at radius 2 is 2.04 bits per heavy atom. The molecule has 0 spiro atoms. The highest BCUT2D eigenvalue weighted by Gasteiger charge is 2.28. The fraction of sp³-hybridized carbons (Fsp3) is 0.350. The van der Waals surface area contributed by atoms with Crippen molar-refractivity contribution in [2.45, 2.75) is 33.1 Å². The number of carbonyl (C=O) groups is 1. The van der Waals surface area contributed by atoms with Gasteiger partial charge in [0.25, 0.3) is 0 Å². The van der Waals surface area contributed by atoms with Crippen LogP contribution in [0.25, 0.3) is 16.7 Å². The normalized spacial score (nSPS) is 18.1. The second-order valence-corrected chi connectivity index (χ2v) is 6.62. The van der Waals surface area contributed by atoms with E-state index >= 15 is 0 Å². The lowest BCUT2D eigenvalue weighted by molar-refractivity contribution is -0.139. The highest BCUT2D eigenvalue weighted by atomic mass is 16.5. The number of furan rings is 1. The third kappa shape index (κ3) is 2.84. The van der Waals surface area contributed by atoms with Gasteiger partial charge in [0, 0.05) is 23.0 Å². The van der Waals surface area contributed by atoms with Gasteiger partial charge < -0.3 is 13.9 Å². The van der Waals surface area contributed by atoms with E-state index in [2.05, 4.69) is 0 Å². The molecular formula is C20H20O4. The molecule has 124 valence electrons. The molecule has 0 atom stereocenters. The van der Waals surface area contributed by atoms with Crippen LogP contribution in [0.5, 0.6) is 0 Å². The second-order valence-electron chi connectivity index (χ2n) is 6.62. The van der Waals surface area contributed by atoms with Gasteiger partial charge in [-0.3, -0.25) is 4.79 Å². The molecule has 0 radical (unpaired) electrons. The lowest BCUT2D eigenvalue weighted by atomic mass is 10.1. The molecular weight excluding hydrogens is 304 g/mol. The fourth-order valence-electron chi connectivity index (χ4n) is 3.00. The van der Waals surface area contributed by atoms with E-state index in [-0.39, 0.29) is 5.97 Å². The van der Waals surface area contributed by atoms with Crippen molar-refractivity contribution >= 4 is 22.7 Å². The summed E-state index contributed by atoms with van der Waals surface area (Å²) in [6.07, 6.45) is 2.77. The zero-order valence-electron chi connectivity index (χ0n) is 13.9. The molecule has 0 unspecified atom stereocenters. The summed E-state index contributed by atoms with van der Waals surface area (Å²) in [6, 6.07) is 9.79. The zero-order chi connectivity index (χ0) is 16.7. The lowest BCUT2D eigenvalue weighted by Gasteiger charge is -2.22. The maximum atomic E-state index is 12.1. The Kier molecular flexibility index (Phi) is 3.68. The summed E-state index contributed by atoms with van der Waals surface area (Å²) >= 11 is 0. The van der Waals surface area contributed by atoms with Gasteiger partial charge in [0.1, 0.15) is 17.9 Å². The number of carbonyl (C=O) groups excluding carboxylic acids is 1. The van der Waals surface area contributed by atoms with E-state index in [4.69, 9.17) is 13.9 Å². The van der Waals surface area contributed by atoms with Crippen molar-refractivity contribution in [1.29, 1.82) is 0 Å². The van der Waals surface area contributed by atoms with Crippen LogP contribution >= 0.6 is 0 Å². The van der Waals surface area contributed by atoms with Gasteiger partial charge in [-0.2, -0.15) is 0 Å². The second kappa shape index (κ2) is 5.86. The maximum absolute atomic E-state index is 12.1. The minimum absolute atomic E-state index is 0.156. The quantitative estimate of drug-likeness (QED) is 0.757. The number of allylic oxidation sites excluding steroid dienone is 1. The zero-order valence-corrected chi connectivity index (χ0v) is 13.9. The third-order valence-corrected chi connectivity index (χ3v) is 4.52. The van der Waals surface area contributed by atoms with Gasteiger partial charge in [0.2, 0.25) is 0 Å². The third-order valence-electron chi connectivity index (χ3n) is 4.52. The molecule has 2 heterocycles. The Balaban J connectivity index is 1.65. The first-order valence-corrected chi connectivity index (χ1v) is 8.35. The van der Waals surface area contributed by atoms with Crippen LogP contribution in [0.4, 0.5) is 0 Å². The van der Waals surface area contributed by atoms with Gasteiger partial charge in [0.15, 0.2) is 11.5 Å². The van der Waals surface area contributed by atoms with Crippen molar-refractivity contribution < 1.29 is 18.7 Å². The minimum Gasteiger partial charge on any atom is -0.485 e. The van der Waals surface area contributed by atoms with Gasteiger partial charge >= 0.3 is 5.97 Å². The standard InChI is InChI=1S/C20H20O4/c1-12-11-22-20(17-10-15-5-3-4-6-16(15)23-17)13(2)19(12)24-18(21)9-14-7-8-14/h3-6,10,14H,7-9,11H2,1-2H3. The number of hydrogen-bond acceptors (Lipinski definition) is 4. The highest BCUT2D eigenvalue weighted by Crippen LogP contribution is 2.36. The fourth-order valence-corrected chi connectivity index (χ4v) is 3.00. The number of fused-ring (bicyclic) bond motifs is 1. The van der Waals surface area contributed by atoms with Crippen LogP contribution in [0, 0.1) is 5.92 Å². The van der Waals surface area contributed by atoms with Crippen molar-refractivity contribution in [1.82, 2.24) is 0 Å². The molecule has 0 N–H and O–H groups in total. The minimum atomic E-state index is -0.156. The first-order valence-electron chi connectivity index (χ1n) is 8.35. The Morgan fingerprint density at radius 1 is 1.25 bits per heavy atom. The Bertz CT molecular complexity index is 832. The molecule has 1 saturated carbocycles. The van der Waals surface area contributed by atoms with Crippen LogP contribution in [0.2, 0.25) is 0 Å². The van der Waals surface area contributed by atoms with Crippen molar-refractivity contribution in [3.63, 3.8) is 0 Å². The van der Waals surface area contributed by atoms with Gasteiger partial charge in [-0.15, -0.1) is 0 Å². The molecule has 1 aliphatic heterocycles. The van der Waals surface area contributed by atoms with E-state index in [0.29, 0.717) is 36.2 Å². The average molecular weight is 324 g/mol. The van der Waals surface area contributed by atoms with Crippen LogP contribution in [0.1, 0.15) is 38.9 Å². The smallest absolute Gasteiger partial charge is 0.311 e. The number of hydrogen-bond donors (Lipinski definition) is 0. The van der Waals surface area contributed by atoms with Gasteiger partial charge in [-0.25, -0.2) is 0 Å². The summed E-state index contributed by atoms with van der Waals surface area (Å²) < 4.78 is 17.4. The molecule has 0 amide bonds. The molecule has 1 aliphatic carbocycles. The lowest BCUT2D eigenvalue weighted by Crippen LogP contribution is -2.14. The highest BCUT2D eigenvalue weighted by molar-refractivity contribution is 5.82. The van der Waals surface area contributed by atoms with E-state index in [1.807, 2.05) is 44.2 Å². The average Bonchev–Trinajstić information content (AvgIpc) is 3.26. The summed E-state index contributed by atoms with van der Waals surface area (Å²) in [5.41, 5.74) is 2.55. The summed E-state index contributed by atoms with van der Waals surface area (Å²) in [4.78, 5) is 12.1. The Hall–Kier alpha value is -2.49. The van der Waals surface area contributed by atoms with Crippen molar-refractivity contribution in [3.8, 4) is 0 Å². The Labute approximate surface area is 140 Å². The molecule has 4 heteroatoms. The number of benzene rings is 1. The first kappa shape index (κ1) is 15.1. The molecule has 1 aromatic carbocycles. The van der Waals surface area contributed by atoms with Gasteiger partial charge in [-0.1, -0.05) is 18.2 Å². The van der Waals surface area contributed by atoms with Crippen molar-refractivity contribution in [2.24, 2.45) is 5.92 Å². The van der Waals surface area contributed by atoms with Crippen LogP contribution in [-0.4, -0.2) is 12.6 Å². The maximum Gasteiger partial charge on any atom is 0.311 e.